The number of para-hydroxylation sites is 1. The molecule has 5 nitrogen and oxygen atoms in total. The third-order valence-electron chi connectivity index (χ3n) is 5.05. The summed E-state index contributed by atoms with van der Waals surface area (Å²) in [6.07, 6.45) is 1.65. The molecule has 0 saturated carbocycles. The number of rotatable bonds is 7. The van der Waals surface area contributed by atoms with Crippen molar-refractivity contribution >= 4 is 34.4 Å². The van der Waals surface area contributed by atoms with Crippen molar-refractivity contribution in [3.63, 3.8) is 0 Å². The fraction of sp³-hybridized carbons (Fsp3) is 0.364. The SMILES string of the molecule is CC(C)OCCCN1C(=O)C(c2cccs2)=C(N2CCc3ccccc32)C1=O. The Hall–Kier alpha value is -2.44. The predicted molar refractivity (Wildman–Crippen MR) is 111 cm³/mol. The van der Waals surface area contributed by atoms with E-state index in [1.807, 2.05) is 54.5 Å². The van der Waals surface area contributed by atoms with Crippen LogP contribution in [0.25, 0.3) is 5.57 Å². The molecule has 0 radical (unpaired) electrons. The van der Waals surface area contributed by atoms with E-state index in [0.29, 0.717) is 37.4 Å². The van der Waals surface area contributed by atoms with E-state index < -0.39 is 0 Å². The normalized spacial score (nSPS) is 16.7. The van der Waals surface area contributed by atoms with Crippen LogP contribution in [-0.4, -0.2) is 42.5 Å². The first kappa shape index (κ1) is 18.9. The third kappa shape index (κ3) is 3.38. The number of hydrogen-bond acceptors (Lipinski definition) is 5. The highest BCUT2D eigenvalue weighted by molar-refractivity contribution is 7.11. The number of anilines is 1. The van der Waals surface area contributed by atoms with Crippen LogP contribution in [-0.2, 0) is 20.7 Å². The molecule has 2 aliphatic rings. The molecule has 3 heterocycles. The van der Waals surface area contributed by atoms with Crippen molar-refractivity contribution in [2.45, 2.75) is 32.8 Å². The number of hydrogen-bond donors (Lipinski definition) is 0. The Kier molecular flexibility index (Phi) is 5.33. The molecular formula is C22H24N2O3S. The third-order valence-corrected chi connectivity index (χ3v) is 5.93. The number of imide groups is 1. The smallest absolute Gasteiger partial charge is 0.278 e. The lowest BCUT2D eigenvalue weighted by Crippen LogP contribution is -2.36. The number of carbonyl (C=O) groups is 2. The minimum Gasteiger partial charge on any atom is -0.379 e. The molecule has 0 bridgehead atoms. The first-order valence-corrected chi connectivity index (χ1v) is 10.6. The van der Waals surface area contributed by atoms with Crippen molar-refractivity contribution in [3.8, 4) is 0 Å². The van der Waals surface area contributed by atoms with Gasteiger partial charge in [0.15, 0.2) is 0 Å². The van der Waals surface area contributed by atoms with Gasteiger partial charge in [-0.15, -0.1) is 11.3 Å². The van der Waals surface area contributed by atoms with E-state index in [9.17, 15) is 9.59 Å². The van der Waals surface area contributed by atoms with Crippen LogP contribution >= 0.6 is 11.3 Å². The number of fused-ring (bicyclic) bond motifs is 1. The molecule has 0 N–H and O–H groups in total. The second kappa shape index (κ2) is 7.89. The maximum atomic E-state index is 13.3. The molecule has 0 spiro atoms. The van der Waals surface area contributed by atoms with Crippen molar-refractivity contribution in [1.29, 1.82) is 0 Å². The summed E-state index contributed by atoms with van der Waals surface area (Å²) in [5.41, 5.74) is 3.28. The Balaban J connectivity index is 1.65. The first-order chi connectivity index (χ1) is 13.6. The molecule has 0 unspecified atom stereocenters. The second-order valence-electron chi connectivity index (χ2n) is 7.27. The zero-order chi connectivity index (χ0) is 19.7. The van der Waals surface area contributed by atoms with Crippen molar-refractivity contribution < 1.29 is 14.3 Å². The molecule has 28 heavy (non-hydrogen) atoms. The summed E-state index contributed by atoms with van der Waals surface area (Å²) in [5.74, 6) is -0.397. The first-order valence-electron chi connectivity index (χ1n) is 9.69. The van der Waals surface area contributed by atoms with Crippen molar-refractivity contribution in [2.24, 2.45) is 0 Å². The van der Waals surface area contributed by atoms with Crippen LogP contribution in [0, 0.1) is 0 Å². The van der Waals surface area contributed by atoms with Gasteiger partial charge in [0.1, 0.15) is 5.70 Å². The summed E-state index contributed by atoms with van der Waals surface area (Å²) in [6.45, 7) is 5.58. The number of nitrogens with zero attached hydrogens (tertiary/aromatic N) is 2. The highest BCUT2D eigenvalue weighted by Crippen LogP contribution is 2.39. The largest absolute Gasteiger partial charge is 0.379 e. The summed E-state index contributed by atoms with van der Waals surface area (Å²) >= 11 is 1.50. The molecule has 4 rings (SSSR count). The minimum atomic E-state index is -0.199. The lowest BCUT2D eigenvalue weighted by atomic mass is 10.1. The molecule has 2 aromatic rings. The molecule has 146 valence electrons. The summed E-state index contributed by atoms with van der Waals surface area (Å²) in [5, 5.41) is 1.94. The van der Waals surface area contributed by atoms with Crippen LogP contribution in [0.2, 0.25) is 0 Å². The maximum absolute atomic E-state index is 13.3. The molecule has 0 atom stereocenters. The molecule has 0 aliphatic carbocycles. The monoisotopic (exact) mass is 396 g/mol. The zero-order valence-electron chi connectivity index (χ0n) is 16.2. The summed E-state index contributed by atoms with van der Waals surface area (Å²) < 4.78 is 5.57. The van der Waals surface area contributed by atoms with E-state index in [0.717, 1.165) is 17.0 Å². The highest BCUT2D eigenvalue weighted by atomic mass is 32.1. The molecule has 0 fully saturated rings. The van der Waals surface area contributed by atoms with E-state index in [-0.39, 0.29) is 17.9 Å². The lowest BCUT2D eigenvalue weighted by molar-refractivity contribution is -0.137. The number of benzene rings is 1. The molecule has 1 aromatic heterocycles. The van der Waals surface area contributed by atoms with E-state index in [2.05, 4.69) is 6.07 Å². The molecule has 6 heteroatoms. The van der Waals surface area contributed by atoms with E-state index >= 15 is 0 Å². The summed E-state index contributed by atoms with van der Waals surface area (Å²) in [7, 11) is 0. The van der Waals surface area contributed by atoms with E-state index in [4.69, 9.17) is 4.74 Å². The zero-order valence-corrected chi connectivity index (χ0v) is 17.0. The Morgan fingerprint density at radius 3 is 2.68 bits per heavy atom. The van der Waals surface area contributed by atoms with Gasteiger partial charge in [-0.05, 0) is 49.8 Å². The highest BCUT2D eigenvalue weighted by Gasteiger charge is 2.43. The van der Waals surface area contributed by atoms with Gasteiger partial charge in [-0.25, -0.2) is 0 Å². The van der Waals surface area contributed by atoms with Crippen LogP contribution in [0.5, 0.6) is 0 Å². The number of ether oxygens (including phenoxy) is 1. The fourth-order valence-electron chi connectivity index (χ4n) is 3.77. The van der Waals surface area contributed by atoms with Gasteiger partial charge < -0.3 is 9.64 Å². The quantitative estimate of drug-likeness (QED) is 0.529. The predicted octanol–water partition coefficient (Wildman–Crippen LogP) is 3.71. The Bertz CT molecular complexity index is 918. The summed E-state index contributed by atoms with van der Waals surface area (Å²) in [6, 6.07) is 11.9. The molecule has 2 aliphatic heterocycles. The topological polar surface area (TPSA) is 49.9 Å². The standard InChI is InChI=1S/C22H24N2O3S/c1-15(2)27-13-6-11-24-21(25)19(18-9-5-14-28-18)20(22(24)26)23-12-10-16-7-3-4-8-17(16)23/h3-5,7-9,14-15H,6,10-13H2,1-2H3. The van der Waals surface area contributed by atoms with Gasteiger partial charge in [-0.1, -0.05) is 24.3 Å². The summed E-state index contributed by atoms with van der Waals surface area (Å²) in [4.78, 5) is 30.8. The number of amides is 2. The van der Waals surface area contributed by atoms with Crippen LogP contribution in [0.3, 0.4) is 0 Å². The van der Waals surface area contributed by atoms with Gasteiger partial charge in [0.05, 0.1) is 11.7 Å². The molecular weight excluding hydrogens is 372 g/mol. The van der Waals surface area contributed by atoms with Gasteiger partial charge >= 0.3 is 0 Å². The minimum absolute atomic E-state index is 0.140. The Morgan fingerprint density at radius 2 is 1.93 bits per heavy atom. The molecule has 2 amide bonds. The molecule has 0 saturated heterocycles. The van der Waals surface area contributed by atoms with Gasteiger partial charge in [-0.3, -0.25) is 14.5 Å². The Morgan fingerprint density at radius 1 is 1.11 bits per heavy atom. The van der Waals surface area contributed by atoms with E-state index in [1.165, 1.54) is 21.8 Å². The maximum Gasteiger partial charge on any atom is 0.278 e. The average molecular weight is 397 g/mol. The molecule has 1 aromatic carbocycles. The lowest BCUT2D eigenvalue weighted by Gasteiger charge is -2.21. The van der Waals surface area contributed by atoms with Crippen LogP contribution < -0.4 is 4.90 Å². The van der Waals surface area contributed by atoms with Crippen molar-refractivity contribution in [2.75, 3.05) is 24.6 Å². The van der Waals surface area contributed by atoms with Crippen molar-refractivity contribution in [1.82, 2.24) is 4.90 Å². The van der Waals surface area contributed by atoms with E-state index in [1.54, 1.807) is 0 Å². The fourth-order valence-corrected chi connectivity index (χ4v) is 4.53. The number of thiophene rings is 1. The van der Waals surface area contributed by atoms with Crippen LogP contribution in [0.15, 0.2) is 47.5 Å². The van der Waals surface area contributed by atoms with Gasteiger partial charge in [-0.2, -0.15) is 0 Å². The van der Waals surface area contributed by atoms with Crippen molar-refractivity contribution in [3.05, 3.63) is 57.9 Å². The Labute approximate surface area is 169 Å². The van der Waals surface area contributed by atoms with Gasteiger partial charge in [0, 0.05) is 30.3 Å². The van der Waals surface area contributed by atoms with Crippen LogP contribution in [0.1, 0.15) is 30.7 Å². The van der Waals surface area contributed by atoms with Gasteiger partial charge in [0.2, 0.25) is 0 Å². The second-order valence-corrected chi connectivity index (χ2v) is 8.21. The van der Waals surface area contributed by atoms with Gasteiger partial charge in [0.25, 0.3) is 11.8 Å². The van der Waals surface area contributed by atoms with Crippen LogP contribution in [0.4, 0.5) is 5.69 Å². The number of carbonyl (C=O) groups excluding carboxylic acids is 2. The average Bonchev–Trinajstić information content (AvgIpc) is 3.38.